The minimum absolute atomic E-state index is 0.355. The molecule has 6 nitrogen and oxygen atoms in total. The highest BCUT2D eigenvalue weighted by atomic mass is 16.3. The van der Waals surface area contributed by atoms with E-state index >= 15 is 0 Å². The summed E-state index contributed by atoms with van der Waals surface area (Å²) in [5.41, 5.74) is 0. The maximum absolute atomic E-state index is 12.5. The van der Waals surface area contributed by atoms with Crippen molar-refractivity contribution in [1.82, 2.24) is 5.32 Å². The predicted octanol–water partition coefficient (Wildman–Crippen LogP) is 10.1. The van der Waals surface area contributed by atoms with Crippen LogP contribution in [0.5, 0.6) is 0 Å². The average molecular weight is 688 g/mol. The van der Waals surface area contributed by atoms with E-state index in [1.54, 1.807) is 0 Å². The SMILES string of the molecule is CC/C=C\C/C=C\CCCCCCCCCCCCCCCC(O)C(=O)NC(CO)C(O)C(O)CCC/C=C/CC/C=C/CC/C=C/CC. The van der Waals surface area contributed by atoms with E-state index in [0.717, 1.165) is 70.6 Å². The molecule has 0 bridgehead atoms. The summed E-state index contributed by atoms with van der Waals surface area (Å²) in [6.07, 6.45) is 45.4. The molecule has 5 N–H and O–H groups in total. The number of carbonyl (C=O) groups excluding carboxylic acids is 1. The van der Waals surface area contributed by atoms with Gasteiger partial charge in [0.1, 0.15) is 12.2 Å². The number of allylic oxidation sites excluding steroid dienone is 10. The summed E-state index contributed by atoms with van der Waals surface area (Å²) in [5, 5.41) is 43.5. The first kappa shape index (κ1) is 47.0. The van der Waals surface area contributed by atoms with Crippen LogP contribution in [0.25, 0.3) is 0 Å². The van der Waals surface area contributed by atoms with Crippen molar-refractivity contribution in [3.63, 3.8) is 0 Å². The number of unbranched alkanes of at least 4 members (excludes halogenated alkanes) is 16. The lowest BCUT2D eigenvalue weighted by molar-refractivity contribution is -0.132. The molecule has 0 saturated heterocycles. The lowest BCUT2D eigenvalue weighted by atomic mass is 10.00. The van der Waals surface area contributed by atoms with Gasteiger partial charge in [-0.1, -0.05) is 152 Å². The molecule has 0 radical (unpaired) electrons. The number of amides is 1. The van der Waals surface area contributed by atoms with Crippen LogP contribution in [0.1, 0.15) is 174 Å². The van der Waals surface area contributed by atoms with Crippen molar-refractivity contribution in [2.45, 2.75) is 199 Å². The van der Waals surface area contributed by atoms with E-state index in [2.05, 4.69) is 79.9 Å². The second-order valence-electron chi connectivity index (χ2n) is 13.5. The average Bonchev–Trinajstić information content (AvgIpc) is 3.11. The van der Waals surface area contributed by atoms with Gasteiger partial charge in [0.05, 0.1) is 18.8 Å². The molecule has 1 amide bonds. The third-order valence-electron chi connectivity index (χ3n) is 8.93. The quantitative estimate of drug-likeness (QED) is 0.0337. The Balaban J connectivity index is 3.81. The van der Waals surface area contributed by atoms with Crippen molar-refractivity contribution in [2.24, 2.45) is 0 Å². The van der Waals surface area contributed by atoms with Gasteiger partial charge < -0.3 is 25.7 Å². The van der Waals surface area contributed by atoms with E-state index in [4.69, 9.17) is 0 Å². The molecule has 284 valence electrons. The fourth-order valence-corrected chi connectivity index (χ4v) is 5.77. The van der Waals surface area contributed by atoms with E-state index in [-0.39, 0.29) is 0 Å². The van der Waals surface area contributed by atoms with Gasteiger partial charge in [-0.15, -0.1) is 0 Å². The monoisotopic (exact) mass is 688 g/mol. The Morgan fingerprint density at radius 3 is 1.45 bits per heavy atom. The number of carbonyl (C=O) groups is 1. The van der Waals surface area contributed by atoms with Crippen LogP contribution in [0, 0.1) is 0 Å². The van der Waals surface area contributed by atoms with Crippen LogP contribution >= 0.6 is 0 Å². The van der Waals surface area contributed by atoms with Crippen molar-refractivity contribution >= 4 is 5.91 Å². The van der Waals surface area contributed by atoms with Crippen LogP contribution < -0.4 is 5.32 Å². The highest BCUT2D eigenvalue weighted by molar-refractivity contribution is 5.80. The Bertz CT molecular complexity index is 864. The number of hydrogen-bond donors (Lipinski definition) is 5. The third-order valence-corrected chi connectivity index (χ3v) is 8.93. The molecule has 0 aromatic heterocycles. The van der Waals surface area contributed by atoms with Gasteiger partial charge in [0.25, 0.3) is 0 Å². The third kappa shape index (κ3) is 31.7. The maximum atomic E-state index is 12.5. The molecule has 0 rings (SSSR count). The second-order valence-corrected chi connectivity index (χ2v) is 13.5. The van der Waals surface area contributed by atoms with E-state index in [1.165, 1.54) is 70.6 Å². The summed E-state index contributed by atoms with van der Waals surface area (Å²) in [6, 6.07) is -1.01. The summed E-state index contributed by atoms with van der Waals surface area (Å²) in [6.45, 7) is 3.80. The number of aliphatic hydroxyl groups is 4. The number of rotatable bonds is 35. The van der Waals surface area contributed by atoms with Crippen molar-refractivity contribution in [3.05, 3.63) is 60.8 Å². The number of nitrogens with one attached hydrogen (secondary N) is 1. The van der Waals surface area contributed by atoms with Crippen LogP contribution in [-0.2, 0) is 4.79 Å². The van der Waals surface area contributed by atoms with Crippen molar-refractivity contribution in [1.29, 1.82) is 0 Å². The van der Waals surface area contributed by atoms with Gasteiger partial charge in [-0.25, -0.2) is 0 Å². The summed E-state index contributed by atoms with van der Waals surface area (Å²) in [4.78, 5) is 12.5. The van der Waals surface area contributed by atoms with Gasteiger partial charge in [-0.3, -0.25) is 4.79 Å². The first-order chi connectivity index (χ1) is 24.0. The first-order valence-electron chi connectivity index (χ1n) is 20.2. The van der Waals surface area contributed by atoms with Crippen molar-refractivity contribution in [2.75, 3.05) is 6.61 Å². The minimum atomic E-state index is -1.29. The predicted molar refractivity (Wildman–Crippen MR) is 210 cm³/mol. The van der Waals surface area contributed by atoms with Crippen LogP contribution in [0.3, 0.4) is 0 Å². The first-order valence-corrected chi connectivity index (χ1v) is 20.2. The smallest absolute Gasteiger partial charge is 0.249 e. The molecule has 0 aromatic carbocycles. The standard InChI is InChI=1S/C43H77NO5/c1-3-5-7-9-11-13-15-17-18-19-20-21-22-23-25-27-29-31-33-35-37-41(47)43(49)44-39(38-45)42(48)40(46)36-34-32-30-28-26-24-16-14-12-10-8-6-4-2/h5-8,11,13-14,16,28,30,39-42,45-48H,3-4,9-10,12,15,17-27,29,31-38H2,1-2H3,(H,44,49)/b7-5-,8-6+,13-11-,16-14+,30-28+. The molecule has 0 aliphatic carbocycles. The zero-order chi connectivity index (χ0) is 36.0. The van der Waals surface area contributed by atoms with Crippen molar-refractivity contribution < 1.29 is 25.2 Å². The Kier molecular flexibility index (Phi) is 35.8. The molecule has 0 aliphatic rings. The highest BCUT2D eigenvalue weighted by Gasteiger charge is 2.28. The Labute approximate surface area is 302 Å². The normalized spacial score (nSPS) is 15.0. The van der Waals surface area contributed by atoms with E-state index in [1.807, 2.05) is 0 Å². The molecule has 0 fully saturated rings. The van der Waals surface area contributed by atoms with Gasteiger partial charge in [-0.05, 0) is 83.5 Å². The van der Waals surface area contributed by atoms with Gasteiger partial charge in [0, 0.05) is 0 Å². The molecule has 0 heterocycles. The molecule has 49 heavy (non-hydrogen) atoms. The molecule has 0 saturated carbocycles. The van der Waals surface area contributed by atoms with Gasteiger partial charge in [0.2, 0.25) is 5.91 Å². The summed E-state index contributed by atoms with van der Waals surface area (Å²) >= 11 is 0. The zero-order valence-corrected chi connectivity index (χ0v) is 31.7. The maximum Gasteiger partial charge on any atom is 0.249 e. The summed E-state index contributed by atoms with van der Waals surface area (Å²) in [7, 11) is 0. The van der Waals surface area contributed by atoms with Crippen molar-refractivity contribution in [3.8, 4) is 0 Å². The highest BCUT2D eigenvalue weighted by Crippen LogP contribution is 2.15. The summed E-state index contributed by atoms with van der Waals surface area (Å²) < 4.78 is 0. The summed E-state index contributed by atoms with van der Waals surface area (Å²) in [5.74, 6) is -0.605. The fourth-order valence-electron chi connectivity index (χ4n) is 5.77. The van der Waals surface area contributed by atoms with Crippen LogP contribution in [0.4, 0.5) is 0 Å². The molecule has 0 spiro atoms. The Morgan fingerprint density at radius 1 is 0.510 bits per heavy atom. The molecule has 4 atom stereocenters. The molecule has 0 aliphatic heterocycles. The topological polar surface area (TPSA) is 110 Å². The Morgan fingerprint density at radius 2 is 0.918 bits per heavy atom. The Hall–Kier alpha value is -1.99. The van der Waals surface area contributed by atoms with Crippen LogP contribution in [0.15, 0.2) is 60.8 Å². The number of hydrogen-bond acceptors (Lipinski definition) is 5. The fraction of sp³-hybridized carbons (Fsp3) is 0.744. The second kappa shape index (κ2) is 37.3. The minimum Gasteiger partial charge on any atom is -0.394 e. The van der Waals surface area contributed by atoms with Crippen LogP contribution in [-0.4, -0.2) is 57.3 Å². The van der Waals surface area contributed by atoms with Gasteiger partial charge in [0.15, 0.2) is 0 Å². The zero-order valence-electron chi connectivity index (χ0n) is 31.7. The largest absolute Gasteiger partial charge is 0.394 e. The number of aliphatic hydroxyl groups excluding tert-OH is 4. The van der Waals surface area contributed by atoms with E-state index < -0.39 is 36.9 Å². The lowest BCUT2D eigenvalue weighted by Crippen LogP contribution is -2.53. The molecular weight excluding hydrogens is 610 g/mol. The molecule has 6 heteroatoms. The lowest BCUT2D eigenvalue weighted by Gasteiger charge is -2.27. The van der Waals surface area contributed by atoms with Crippen LogP contribution in [0.2, 0.25) is 0 Å². The van der Waals surface area contributed by atoms with Gasteiger partial charge in [-0.2, -0.15) is 0 Å². The molecular formula is C43H77NO5. The van der Waals surface area contributed by atoms with Gasteiger partial charge >= 0.3 is 0 Å². The molecule has 4 unspecified atom stereocenters. The van der Waals surface area contributed by atoms with E-state index in [0.29, 0.717) is 19.3 Å². The van der Waals surface area contributed by atoms with E-state index in [9.17, 15) is 25.2 Å². The molecule has 0 aromatic rings.